The van der Waals surface area contributed by atoms with E-state index in [2.05, 4.69) is 10.6 Å². The van der Waals surface area contributed by atoms with Gasteiger partial charge in [-0.3, -0.25) is 14.6 Å². The number of rotatable bonds is 4. The zero-order chi connectivity index (χ0) is 24.5. The molecule has 0 atom stereocenters. The Hall–Kier alpha value is -3.06. The van der Waals surface area contributed by atoms with Gasteiger partial charge in [-0.25, -0.2) is 0 Å². The third-order valence-electron chi connectivity index (χ3n) is 6.56. The number of fused-ring (bicyclic) bond motifs is 1. The van der Waals surface area contributed by atoms with Crippen molar-refractivity contribution in [2.45, 2.75) is 44.2 Å². The molecular formula is C26H32ClN5O2. The van der Waals surface area contributed by atoms with E-state index in [1.807, 2.05) is 24.3 Å². The first-order valence-corrected chi connectivity index (χ1v) is 12.0. The zero-order valence-corrected chi connectivity index (χ0v) is 21.0. The Morgan fingerprint density at radius 3 is 2.15 bits per heavy atom. The quantitative estimate of drug-likeness (QED) is 0.652. The second-order valence-corrected chi connectivity index (χ2v) is 9.93. The summed E-state index contributed by atoms with van der Waals surface area (Å²) in [6.45, 7) is 0.467. The molecule has 1 heterocycles. The van der Waals surface area contributed by atoms with E-state index in [9.17, 15) is 9.59 Å². The van der Waals surface area contributed by atoms with Crippen LogP contribution in [0, 0.1) is 0 Å². The lowest BCUT2D eigenvalue weighted by Gasteiger charge is -2.45. The van der Waals surface area contributed by atoms with Gasteiger partial charge in [0.05, 0.1) is 34.6 Å². The summed E-state index contributed by atoms with van der Waals surface area (Å²) < 4.78 is 0. The fourth-order valence-corrected chi connectivity index (χ4v) is 4.96. The first kappa shape index (κ1) is 24.1. The molecule has 180 valence electrons. The van der Waals surface area contributed by atoms with E-state index in [1.165, 1.54) is 6.42 Å². The molecule has 0 saturated heterocycles. The summed E-state index contributed by atoms with van der Waals surface area (Å²) >= 11 is 6.18. The zero-order valence-electron chi connectivity index (χ0n) is 20.2. The van der Waals surface area contributed by atoms with Crippen LogP contribution < -0.4 is 10.6 Å². The standard InChI is InChI=1S/C26H32ClN5O2/c1-31(2)23(33)19-11-12-20(24(34)32(3)4)22-21(19)29-25(26(30-22)13-6-5-7-14-26)28-16-17-9-8-10-18(27)15-17/h8-12,15,30H,5-7,13-14,16H2,1-4H3,(H,28,29). The molecule has 0 unspecified atom stereocenters. The minimum Gasteiger partial charge on any atom is -0.370 e. The highest BCUT2D eigenvalue weighted by Crippen LogP contribution is 2.43. The Kier molecular flexibility index (Phi) is 6.84. The van der Waals surface area contributed by atoms with E-state index in [1.54, 1.807) is 50.1 Å². The number of aliphatic imine (C=N–C) groups is 1. The summed E-state index contributed by atoms with van der Waals surface area (Å²) in [5.74, 6) is 0.560. The topological polar surface area (TPSA) is 77.0 Å². The smallest absolute Gasteiger partial charge is 0.255 e. The van der Waals surface area contributed by atoms with Gasteiger partial charge in [-0.05, 0) is 42.7 Å². The number of carbonyl (C=O) groups is 2. The number of hydrogen-bond donors (Lipinski definition) is 2. The molecule has 2 aromatic carbocycles. The highest BCUT2D eigenvalue weighted by atomic mass is 35.5. The van der Waals surface area contributed by atoms with Crippen LogP contribution in [-0.4, -0.2) is 61.2 Å². The number of benzene rings is 2. The van der Waals surface area contributed by atoms with Gasteiger partial charge in [0.15, 0.2) is 0 Å². The van der Waals surface area contributed by atoms with Gasteiger partial charge < -0.3 is 20.4 Å². The van der Waals surface area contributed by atoms with Crippen LogP contribution in [0.5, 0.6) is 0 Å². The molecular weight excluding hydrogens is 450 g/mol. The predicted octanol–water partition coefficient (Wildman–Crippen LogP) is 4.88. The summed E-state index contributed by atoms with van der Waals surface area (Å²) in [5, 5.41) is 7.91. The van der Waals surface area contributed by atoms with Crippen LogP contribution in [-0.2, 0) is 6.54 Å². The SMILES string of the molecule is CN(C)C(=O)c1ccc(C(=O)N(C)C)c2c1NC(=NCc1cccc(Cl)c1)C1(CCCCC1)N2. The third kappa shape index (κ3) is 4.62. The van der Waals surface area contributed by atoms with Gasteiger partial charge in [0, 0.05) is 33.2 Å². The highest BCUT2D eigenvalue weighted by Gasteiger charge is 2.43. The molecule has 2 amide bonds. The Labute approximate surface area is 206 Å². The maximum absolute atomic E-state index is 13.0. The van der Waals surface area contributed by atoms with Crippen molar-refractivity contribution in [1.82, 2.24) is 9.80 Å². The number of amidine groups is 1. The number of hydrogen-bond acceptors (Lipinski definition) is 4. The Morgan fingerprint density at radius 2 is 1.56 bits per heavy atom. The van der Waals surface area contributed by atoms with Crippen LogP contribution >= 0.6 is 11.6 Å². The lowest BCUT2D eigenvalue weighted by Crippen LogP contribution is -2.54. The molecule has 1 aliphatic carbocycles. The molecule has 2 aliphatic rings. The molecule has 1 fully saturated rings. The fourth-order valence-electron chi connectivity index (χ4n) is 4.75. The minimum absolute atomic E-state index is 0.111. The van der Waals surface area contributed by atoms with E-state index < -0.39 is 5.54 Å². The summed E-state index contributed by atoms with van der Waals surface area (Å²) in [4.78, 5) is 34.2. The van der Waals surface area contributed by atoms with E-state index in [4.69, 9.17) is 16.6 Å². The molecule has 4 rings (SSSR count). The van der Waals surface area contributed by atoms with E-state index in [-0.39, 0.29) is 11.8 Å². The van der Waals surface area contributed by atoms with Gasteiger partial charge in [-0.15, -0.1) is 0 Å². The van der Waals surface area contributed by atoms with Crippen molar-refractivity contribution in [3.8, 4) is 0 Å². The molecule has 8 heteroatoms. The van der Waals surface area contributed by atoms with E-state index >= 15 is 0 Å². The van der Waals surface area contributed by atoms with E-state index in [0.717, 1.165) is 37.1 Å². The molecule has 0 radical (unpaired) electrons. The molecule has 0 bridgehead atoms. The Bertz CT molecular complexity index is 1140. The van der Waals surface area contributed by atoms with Crippen molar-refractivity contribution in [3.05, 3.63) is 58.1 Å². The Balaban J connectivity index is 1.84. The number of amides is 2. The van der Waals surface area contributed by atoms with Crippen molar-refractivity contribution in [1.29, 1.82) is 0 Å². The normalized spacial score (nSPS) is 17.5. The van der Waals surface area contributed by atoms with Crippen LogP contribution in [0.25, 0.3) is 0 Å². The Morgan fingerprint density at radius 1 is 0.941 bits per heavy atom. The largest absolute Gasteiger partial charge is 0.370 e. The van der Waals surface area contributed by atoms with Crippen molar-refractivity contribution in [3.63, 3.8) is 0 Å². The second-order valence-electron chi connectivity index (χ2n) is 9.50. The second kappa shape index (κ2) is 9.66. The molecule has 34 heavy (non-hydrogen) atoms. The molecule has 1 saturated carbocycles. The van der Waals surface area contributed by atoms with Crippen LogP contribution in [0.2, 0.25) is 5.02 Å². The number of nitrogens with zero attached hydrogens (tertiary/aromatic N) is 3. The first-order chi connectivity index (χ1) is 16.2. The van der Waals surface area contributed by atoms with Gasteiger partial charge >= 0.3 is 0 Å². The van der Waals surface area contributed by atoms with Gasteiger partial charge in [0.25, 0.3) is 11.8 Å². The van der Waals surface area contributed by atoms with Crippen LogP contribution in [0.1, 0.15) is 58.4 Å². The van der Waals surface area contributed by atoms with Gasteiger partial charge in [-0.1, -0.05) is 43.0 Å². The molecule has 0 aromatic heterocycles. The number of anilines is 2. The maximum Gasteiger partial charge on any atom is 0.255 e. The molecule has 1 spiro atoms. The molecule has 2 N–H and O–H groups in total. The average molecular weight is 482 g/mol. The van der Waals surface area contributed by atoms with Gasteiger partial charge in [0.2, 0.25) is 0 Å². The van der Waals surface area contributed by atoms with Crippen molar-refractivity contribution in [2.24, 2.45) is 4.99 Å². The van der Waals surface area contributed by atoms with Crippen LogP contribution in [0.3, 0.4) is 0 Å². The van der Waals surface area contributed by atoms with Crippen LogP contribution in [0.4, 0.5) is 11.4 Å². The lowest BCUT2D eigenvalue weighted by molar-refractivity contribution is 0.0817. The van der Waals surface area contributed by atoms with Crippen molar-refractivity contribution >= 4 is 40.6 Å². The summed E-state index contributed by atoms with van der Waals surface area (Å²) in [7, 11) is 6.91. The number of halogens is 1. The number of carbonyl (C=O) groups excluding carboxylic acids is 2. The minimum atomic E-state index is -0.412. The fraction of sp³-hybridized carbons (Fsp3) is 0.423. The van der Waals surface area contributed by atoms with Gasteiger partial charge in [-0.2, -0.15) is 0 Å². The third-order valence-corrected chi connectivity index (χ3v) is 6.79. The summed E-state index contributed by atoms with van der Waals surface area (Å²) in [5.41, 5.74) is 2.93. The highest BCUT2D eigenvalue weighted by molar-refractivity contribution is 6.30. The maximum atomic E-state index is 13.0. The summed E-state index contributed by atoms with van der Waals surface area (Å²) in [6, 6.07) is 11.2. The molecule has 1 aliphatic heterocycles. The summed E-state index contributed by atoms with van der Waals surface area (Å²) in [6.07, 6.45) is 5.09. The predicted molar refractivity (Wildman–Crippen MR) is 138 cm³/mol. The van der Waals surface area contributed by atoms with Crippen molar-refractivity contribution in [2.75, 3.05) is 38.8 Å². The van der Waals surface area contributed by atoms with Crippen molar-refractivity contribution < 1.29 is 9.59 Å². The monoisotopic (exact) mass is 481 g/mol. The van der Waals surface area contributed by atoms with Crippen LogP contribution in [0.15, 0.2) is 41.4 Å². The van der Waals surface area contributed by atoms with E-state index in [0.29, 0.717) is 34.1 Å². The lowest BCUT2D eigenvalue weighted by atomic mass is 9.78. The molecule has 7 nitrogen and oxygen atoms in total. The number of nitrogens with one attached hydrogen (secondary N) is 2. The molecule has 2 aromatic rings. The van der Waals surface area contributed by atoms with Gasteiger partial charge in [0.1, 0.15) is 5.84 Å². The first-order valence-electron chi connectivity index (χ1n) is 11.7. The average Bonchev–Trinajstić information content (AvgIpc) is 2.81.